The molecule has 32 heavy (non-hydrogen) atoms. The first-order valence-corrected chi connectivity index (χ1v) is 11.9. The second kappa shape index (κ2) is 9.17. The van der Waals surface area contributed by atoms with Gasteiger partial charge in [0.05, 0.1) is 24.0 Å². The first-order chi connectivity index (χ1) is 15.3. The van der Waals surface area contributed by atoms with E-state index >= 15 is 0 Å². The van der Waals surface area contributed by atoms with Crippen molar-refractivity contribution >= 4 is 27.5 Å². The molecule has 3 N–H and O–H groups in total. The summed E-state index contributed by atoms with van der Waals surface area (Å²) in [6, 6.07) is 10.9. The predicted octanol–water partition coefficient (Wildman–Crippen LogP) is 1.99. The summed E-state index contributed by atoms with van der Waals surface area (Å²) in [5, 5.41) is 2.76. The van der Waals surface area contributed by atoms with Gasteiger partial charge in [0.2, 0.25) is 15.9 Å². The molecule has 2 aliphatic rings. The Bertz CT molecular complexity index is 1130. The minimum Gasteiger partial charge on any atom is -0.490 e. The highest BCUT2D eigenvalue weighted by Crippen LogP contribution is 2.32. The van der Waals surface area contributed by atoms with Crippen molar-refractivity contribution in [3.05, 3.63) is 48.0 Å². The summed E-state index contributed by atoms with van der Waals surface area (Å²) < 4.78 is 38.7. The second-order valence-electron chi connectivity index (χ2n) is 7.80. The molecule has 0 bridgehead atoms. The number of amides is 2. The summed E-state index contributed by atoms with van der Waals surface area (Å²) in [4.78, 5) is 24.3. The van der Waals surface area contributed by atoms with E-state index < -0.39 is 27.8 Å². The summed E-state index contributed by atoms with van der Waals surface area (Å²) in [6.45, 7) is 1.44. The molecule has 1 atom stereocenters. The van der Waals surface area contributed by atoms with Gasteiger partial charge in [-0.25, -0.2) is 8.42 Å². The van der Waals surface area contributed by atoms with E-state index in [-0.39, 0.29) is 17.0 Å². The molecule has 0 saturated carbocycles. The minimum absolute atomic E-state index is 0.00562. The fourth-order valence-electron chi connectivity index (χ4n) is 3.78. The first-order valence-electron chi connectivity index (χ1n) is 10.4. The van der Waals surface area contributed by atoms with Gasteiger partial charge in [-0.05, 0) is 43.2 Å². The van der Waals surface area contributed by atoms with Crippen LogP contribution in [0.5, 0.6) is 11.5 Å². The molecule has 1 saturated heterocycles. The number of hydrogen-bond acceptors (Lipinski definition) is 6. The molecule has 10 heteroatoms. The average molecular weight is 460 g/mol. The zero-order valence-electron chi connectivity index (χ0n) is 17.5. The van der Waals surface area contributed by atoms with E-state index in [1.54, 1.807) is 24.3 Å². The lowest BCUT2D eigenvalue weighted by Gasteiger charge is -2.30. The molecule has 0 aliphatic carbocycles. The van der Waals surface area contributed by atoms with Crippen LogP contribution in [0.4, 0.5) is 5.69 Å². The molecule has 2 heterocycles. The van der Waals surface area contributed by atoms with E-state index in [0.717, 1.165) is 6.42 Å². The lowest BCUT2D eigenvalue weighted by molar-refractivity contribution is -0.122. The van der Waals surface area contributed by atoms with Crippen molar-refractivity contribution in [3.8, 4) is 11.5 Å². The number of nitrogens with two attached hydrogens (primary N) is 1. The van der Waals surface area contributed by atoms with Crippen molar-refractivity contribution < 1.29 is 27.5 Å². The molecule has 9 nitrogen and oxygen atoms in total. The van der Waals surface area contributed by atoms with Gasteiger partial charge in [-0.2, -0.15) is 4.31 Å². The Balaban J connectivity index is 1.52. The molecule has 170 valence electrons. The van der Waals surface area contributed by atoms with Crippen LogP contribution in [0, 0.1) is 5.92 Å². The zero-order chi connectivity index (χ0) is 22.7. The predicted molar refractivity (Wildman–Crippen MR) is 117 cm³/mol. The molecule has 0 aromatic heterocycles. The van der Waals surface area contributed by atoms with Crippen LogP contribution in [0.1, 0.15) is 29.6 Å². The highest BCUT2D eigenvalue weighted by atomic mass is 32.2. The van der Waals surface area contributed by atoms with Crippen LogP contribution in [-0.2, 0) is 14.8 Å². The van der Waals surface area contributed by atoms with Gasteiger partial charge in [-0.1, -0.05) is 6.07 Å². The van der Waals surface area contributed by atoms with Crippen LogP contribution < -0.4 is 20.5 Å². The van der Waals surface area contributed by atoms with Gasteiger partial charge >= 0.3 is 0 Å². The molecule has 2 aliphatic heterocycles. The molecular formula is C22H25N3O6S. The number of carbonyl (C=O) groups excluding carboxylic acids is 2. The maximum Gasteiger partial charge on any atom is 0.255 e. The van der Waals surface area contributed by atoms with Crippen LogP contribution >= 0.6 is 0 Å². The molecular weight excluding hydrogens is 434 g/mol. The molecule has 0 spiro atoms. The van der Waals surface area contributed by atoms with Gasteiger partial charge in [-0.3, -0.25) is 9.59 Å². The number of anilines is 1. The molecule has 2 amide bonds. The smallest absolute Gasteiger partial charge is 0.255 e. The number of sulfonamides is 1. The van der Waals surface area contributed by atoms with E-state index in [9.17, 15) is 18.0 Å². The fraction of sp³-hybridized carbons (Fsp3) is 0.364. The molecule has 2 aromatic rings. The number of nitrogens with zero attached hydrogens (tertiary/aromatic N) is 1. The van der Waals surface area contributed by atoms with Crippen molar-refractivity contribution in [1.29, 1.82) is 0 Å². The highest BCUT2D eigenvalue weighted by Gasteiger charge is 2.32. The number of fused-ring (bicyclic) bond motifs is 1. The number of nitrogens with one attached hydrogen (secondary N) is 1. The van der Waals surface area contributed by atoms with E-state index in [0.29, 0.717) is 49.8 Å². The van der Waals surface area contributed by atoms with E-state index in [1.807, 2.05) is 0 Å². The summed E-state index contributed by atoms with van der Waals surface area (Å²) in [5.41, 5.74) is 6.07. The van der Waals surface area contributed by atoms with E-state index in [2.05, 4.69) is 5.32 Å². The number of primary amides is 1. The third-order valence-electron chi connectivity index (χ3n) is 5.53. The Hall–Kier alpha value is -3.11. The van der Waals surface area contributed by atoms with E-state index in [1.165, 1.54) is 22.5 Å². The number of piperidine rings is 1. The maximum atomic E-state index is 13.1. The van der Waals surface area contributed by atoms with Crippen LogP contribution in [0.15, 0.2) is 47.4 Å². The number of rotatable bonds is 5. The SMILES string of the molecule is NC(=O)[C@H]1CCCN(S(=O)(=O)c2cccc(C(=O)Nc3ccc4c(c3)OCCCO4)c2)C1. The third-order valence-corrected chi connectivity index (χ3v) is 7.39. The number of carbonyl (C=O) groups is 2. The van der Waals surface area contributed by atoms with Crippen molar-refractivity contribution in [1.82, 2.24) is 4.31 Å². The summed E-state index contributed by atoms with van der Waals surface area (Å²) in [5.74, 6) is -0.308. The normalized spacial score (nSPS) is 19.1. The molecule has 4 rings (SSSR count). The first kappa shape index (κ1) is 22.1. The monoisotopic (exact) mass is 459 g/mol. The van der Waals surface area contributed by atoms with Crippen LogP contribution in [0.3, 0.4) is 0 Å². The lowest BCUT2D eigenvalue weighted by Crippen LogP contribution is -2.44. The van der Waals surface area contributed by atoms with Gasteiger partial charge in [0.15, 0.2) is 11.5 Å². The summed E-state index contributed by atoms with van der Waals surface area (Å²) >= 11 is 0. The van der Waals surface area contributed by atoms with Gasteiger partial charge in [0.25, 0.3) is 5.91 Å². The second-order valence-corrected chi connectivity index (χ2v) is 9.74. The Morgan fingerprint density at radius 3 is 2.59 bits per heavy atom. The van der Waals surface area contributed by atoms with Gasteiger partial charge in [0, 0.05) is 36.8 Å². The number of ether oxygens (including phenoxy) is 2. The van der Waals surface area contributed by atoms with E-state index in [4.69, 9.17) is 15.2 Å². The van der Waals surface area contributed by atoms with Gasteiger partial charge in [-0.15, -0.1) is 0 Å². The Morgan fingerprint density at radius 2 is 1.81 bits per heavy atom. The van der Waals surface area contributed by atoms with Crippen molar-refractivity contribution in [2.45, 2.75) is 24.2 Å². The van der Waals surface area contributed by atoms with Crippen LogP contribution in [0.2, 0.25) is 0 Å². The van der Waals surface area contributed by atoms with Crippen LogP contribution in [-0.4, -0.2) is 50.8 Å². The zero-order valence-corrected chi connectivity index (χ0v) is 18.3. The quantitative estimate of drug-likeness (QED) is 0.704. The standard InChI is InChI=1S/C22H25N3O6S/c23-21(26)16-5-2-9-25(14-16)32(28,29)18-6-1-4-15(12-18)22(27)24-17-7-8-19-20(13-17)31-11-3-10-30-19/h1,4,6-8,12-13,16H,2-3,5,9-11,14H2,(H2,23,26)(H,24,27)/t16-/m0/s1. The fourth-order valence-corrected chi connectivity index (χ4v) is 5.35. The Labute approximate surface area is 186 Å². The largest absolute Gasteiger partial charge is 0.490 e. The van der Waals surface area contributed by atoms with Gasteiger partial charge < -0.3 is 20.5 Å². The number of benzene rings is 2. The van der Waals surface area contributed by atoms with Crippen LogP contribution in [0.25, 0.3) is 0 Å². The average Bonchev–Trinajstić information content (AvgIpc) is 3.04. The molecule has 0 radical (unpaired) electrons. The highest BCUT2D eigenvalue weighted by molar-refractivity contribution is 7.89. The topological polar surface area (TPSA) is 128 Å². The minimum atomic E-state index is -3.86. The molecule has 0 unspecified atom stereocenters. The third kappa shape index (κ3) is 4.71. The van der Waals surface area contributed by atoms with Gasteiger partial charge in [0.1, 0.15) is 0 Å². The summed E-state index contributed by atoms with van der Waals surface area (Å²) in [7, 11) is -3.86. The lowest BCUT2D eigenvalue weighted by atomic mass is 9.99. The van der Waals surface area contributed by atoms with Crippen molar-refractivity contribution in [2.75, 3.05) is 31.6 Å². The van der Waals surface area contributed by atoms with Crippen molar-refractivity contribution in [2.24, 2.45) is 11.7 Å². The molecule has 1 fully saturated rings. The Kier molecular flexibility index (Phi) is 6.33. The molecule has 2 aromatic carbocycles. The Morgan fingerprint density at radius 1 is 1.03 bits per heavy atom. The maximum absolute atomic E-state index is 13.1. The van der Waals surface area contributed by atoms with Crippen molar-refractivity contribution in [3.63, 3.8) is 0 Å². The number of hydrogen-bond donors (Lipinski definition) is 2. The summed E-state index contributed by atoms with van der Waals surface area (Å²) in [6.07, 6.45) is 1.89.